The summed E-state index contributed by atoms with van der Waals surface area (Å²) in [4.78, 5) is 12.8. The summed E-state index contributed by atoms with van der Waals surface area (Å²) in [6.45, 7) is 3.95. The van der Waals surface area contributed by atoms with Gasteiger partial charge in [-0.05, 0) is 43.9 Å². The van der Waals surface area contributed by atoms with Gasteiger partial charge in [-0.3, -0.25) is 4.79 Å². The summed E-state index contributed by atoms with van der Waals surface area (Å²) in [7, 11) is 0. The maximum Gasteiger partial charge on any atom is 0.165 e. The standard InChI is InChI=1S/C16H26O3/c1-2-19-16(5-7-18-8-6-16)15(17)11-14-10-12-3-4-13(14)9-12/h12-14H,2-11H2,1H3. The Hall–Kier alpha value is -0.410. The zero-order valence-corrected chi connectivity index (χ0v) is 12.0. The van der Waals surface area contributed by atoms with E-state index in [1.54, 1.807) is 0 Å². The van der Waals surface area contributed by atoms with Gasteiger partial charge in [-0.2, -0.15) is 0 Å². The highest BCUT2D eigenvalue weighted by molar-refractivity contribution is 5.87. The first-order chi connectivity index (χ1) is 9.23. The first kappa shape index (κ1) is 13.6. The van der Waals surface area contributed by atoms with E-state index in [2.05, 4.69) is 0 Å². The number of fused-ring (bicyclic) bond motifs is 2. The molecule has 3 fully saturated rings. The van der Waals surface area contributed by atoms with Crippen LogP contribution in [-0.4, -0.2) is 31.2 Å². The van der Waals surface area contributed by atoms with Crippen molar-refractivity contribution in [2.45, 2.75) is 57.5 Å². The lowest BCUT2D eigenvalue weighted by Crippen LogP contribution is -2.47. The van der Waals surface area contributed by atoms with Gasteiger partial charge in [0.25, 0.3) is 0 Å². The van der Waals surface area contributed by atoms with Crippen molar-refractivity contribution in [2.24, 2.45) is 17.8 Å². The molecular weight excluding hydrogens is 240 g/mol. The van der Waals surface area contributed by atoms with E-state index >= 15 is 0 Å². The van der Waals surface area contributed by atoms with Crippen LogP contribution in [0.1, 0.15) is 51.9 Å². The Labute approximate surface area is 116 Å². The van der Waals surface area contributed by atoms with E-state index in [0.717, 1.165) is 31.1 Å². The third kappa shape index (κ3) is 2.59. The van der Waals surface area contributed by atoms with Crippen molar-refractivity contribution in [3.63, 3.8) is 0 Å². The van der Waals surface area contributed by atoms with E-state index in [0.29, 0.717) is 31.5 Å². The van der Waals surface area contributed by atoms with Gasteiger partial charge in [0.2, 0.25) is 0 Å². The fourth-order valence-electron chi connectivity index (χ4n) is 4.53. The number of rotatable bonds is 5. The predicted octanol–water partition coefficient (Wildman–Crippen LogP) is 2.97. The average molecular weight is 266 g/mol. The molecule has 0 radical (unpaired) electrons. The SMILES string of the molecule is CCOC1(C(=O)CC2CC3CCC2C3)CCOCC1. The summed E-state index contributed by atoms with van der Waals surface area (Å²) in [6.07, 6.45) is 7.67. The molecule has 1 saturated heterocycles. The summed E-state index contributed by atoms with van der Waals surface area (Å²) in [6, 6.07) is 0. The molecule has 0 aromatic heterocycles. The van der Waals surface area contributed by atoms with E-state index in [9.17, 15) is 4.79 Å². The fourth-order valence-corrected chi connectivity index (χ4v) is 4.53. The Morgan fingerprint density at radius 1 is 1.26 bits per heavy atom. The molecule has 19 heavy (non-hydrogen) atoms. The number of hydrogen-bond donors (Lipinski definition) is 0. The molecule has 0 N–H and O–H groups in total. The number of ketones is 1. The number of Topliss-reactive ketones (excluding diaryl/α,β-unsaturated/α-hetero) is 1. The molecule has 2 aliphatic carbocycles. The van der Waals surface area contributed by atoms with Crippen LogP contribution in [0.15, 0.2) is 0 Å². The van der Waals surface area contributed by atoms with E-state index < -0.39 is 5.60 Å². The highest BCUT2D eigenvalue weighted by Gasteiger charge is 2.45. The van der Waals surface area contributed by atoms with Gasteiger partial charge in [-0.15, -0.1) is 0 Å². The molecule has 3 aliphatic rings. The summed E-state index contributed by atoms with van der Waals surface area (Å²) in [5.41, 5.74) is -0.519. The minimum absolute atomic E-state index is 0.357. The van der Waals surface area contributed by atoms with Crippen LogP contribution in [0, 0.1) is 17.8 Å². The Morgan fingerprint density at radius 2 is 2.05 bits per heavy atom. The van der Waals surface area contributed by atoms with Crippen LogP contribution in [-0.2, 0) is 14.3 Å². The number of ether oxygens (including phenoxy) is 2. The maximum atomic E-state index is 12.8. The summed E-state index contributed by atoms with van der Waals surface area (Å²) in [5.74, 6) is 2.75. The average Bonchev–Trinajstić information content (AvgIpc) is 3.02. The molecular formula is C16H26O3. The molecule has 0 amide bonds. The van der Waals surface area contributed by atoms with Gasteiger partial charge in [0.15, 0.2) is 5.78 Å². The van der Waals surface area contributed by atoms with Gasteiger partial charge in [0, 0.05) is 39.1 Å². The van der Waals surface area contributed by atoms with Crippen molar-refractivity contribution in [2.75, 3.05) is 19.8 Å². The van der Waals surface area contributed by atoms with E-state index in [1.807, 2.05) is 6.92 Å². The van der Waals surface area contributed by atoms with Crippen molar-refractivity contribution in [3.05, 3.63) is 0 Å². The summed E-state index contributed by atoms with van der Waals surface area (Å²) >= 11 is 0. The minimum atomic E-state index is -0.519. The second-order valence-corrected chi connectivity index (χ2v) is 6.60. The third-order valence-corrected chi connectivity index (χ3v) is 5.56. The lowest BCUT2D eigenvalue weighted by atomic mass is 9.79. The van der Waals surface area contributed by atoms with E-state index in [1.165, 1.54) is 25.7 Å². The maximum absolute atomic E-state index is 12.8. The first-order valence-electron chi connectivity index (χ1n) is 7.98. The lowest BCUT2D eigenvalue weighted by molar-refractivity contribution is -0.158. The number of carbonyl (C=O) groups excluding carboxylic acids is 1. The topological polar surface area (TPSA) is 35.5 Å². The Kier molecular flexibility index (Phi) is 3.95. The van der Waals surface area contributed by atoms with Crippen LogP contribution in [0.4, 0.5) is 0 Å². The largest absolute Gasteiger partial charge is 0.381 e. The summed E-state index contributed by atoms with van der Waals surface area (Å²) in [5, 5.41) is 0. The molecule has 2 bridgehead atoms. The molecule has 0 aromatic carbocycles. The molecule has 0 aromatic rings. The zero-order chi connectivity index (χ0) is 13.3. The van der Waals surface area contributed by atoms with E-state index in [4.69, 9.17) is 9.47 Å². The Morgan fingerprint density at radius 3 is 2.63 bits per heavy atom. The molecule has 1 aliphatic heterocycles. The highest BCUT2D eigenvalue weighted by Crippen LogP contribution is 2.50. The van der Waals surface area contributed by atoms with Crippen molar-refractivity contribution in [3.8, 4) is 0 Å². The van der Waals surface area contributed by atoms with Crippen molar-refractivity contribution < 1.29 is 14.3 Å². The monoisotopic (exact) mass is 266 g/mol. The quantitative estimate of drug-likeness (QED) is 0.767. The van der Waals surface area contributed by atoms with Gasteiger partial charge < -0.3 is 9.47 Å². The summed E-state index contributed by atoms with van der Waals surface area (Å²) < 4.78 is 11.3. The highest BCUT2D eigenvalue weighted by atomic mass is 16.5. The first-order valence-corrected chi connectivity index (χ1v) is 7.98. The molecule has 1 heterocycles. The van der Waals surface area contributed by atoms with Gasteiger partial charge in [0.05, 0.1) is 0 Å². The van der Waals surface area contributed by atoms with Gasteiger partial charge in [-0.1, -0.05) is 6.42 Å². The molecule has 3 heteroatoms. The normalized spacial score (nSPS) is 36.6. The van der Waals surface area contributed by atoms with Crippen molar-refractivity contribution in [1.82, 2.24) is 0 Å². The second kappa shape index (κ2) is 5.53. The minimum Gasteiger partial charge on any atom is -0.381 e. The molecule has 0 spiro atoms. The molecule has 3 nitrogen and oxygen atoms in total. The lowest BCUT2D eigenvalue weighted by Gasteiger charge is -2.36. The zero-order valence-electron chi connectivity index (χ0n) is 12.0. The van der Waals surface area contributed by atoms with Crippen molar-refractivity contribution in [1.29, 1.82) is 0 Å². The number of carbonyl (C=O) groups is 1. The van der Waals surface area contributed by atoms with Crippen LogP contribution in [0.2, 0.25) is 0 Å². The van der Waals surface area contributed by atoms with Crippen molar-refractivity contribution >= 4 is 5.78 Å². The van der Waals surface area contributed by atoms with Gasteiger partial charge in [0.1, 0.15) is 5.60 Å². The fraction of sp³-hybridized carbons (Fsp3) is 0.938. The van der Waals surface area contributed by atoms with Gasteiger partial charge in [-0.25, -0.2) is 0 Å². The van der Waals surface area contributed by atoms with Crippen LogP contribution >= 0.6 is 0 Å². The second-order valence-electron chi connectivity index (χ2n) is 6.60. The van der Waals surface area contributed by atoms with Crippen LogP contribution in [0.25, 0.3) is 0 Å². The van der Waals surface area contributed by atoms with Crippen LogP contribution < -0.4 is 0 Å². The van der Waals surface area contributed by atoms with Gasteiger partial charge >= 0.3 is 0 Å². The van der Waals surface area contributed by atoms with Crippen LogP contribution in [0.5, 0.6) is 0 Å². The third-order valence-electron chi connectivity index (χ3n) is 5.56. The molecule has 3 atom stereocenters. The molecule has 2 saturated carbocycles. The van der Waals surface area contributed by atoms with Crippen LogP contribution in [0.3, 0.4) is 0 Å². The Bertz CT molecular complexity index is 327. The molecule has 3 unspecified atom stereocenters. The molecule has 108 valence electrons. The number of hydrogen-bond acceptors (Lipinski definition) is 3. The predicted molar refractivity (Wildman–Crippen MR) is 73.0 cm³/mol. The van der Waals surface area contributed by atoms with E-state index in [-0.39, 0.29) is 0 Å². The Balaban J connectivity index is 1.63. The smallest absolute Gasteiger partial charge is 0.165 e. The molecule has 3 rings (SSSR count).